The number of ether oxygens (including phenoxy) is 1. The van der Waals surface area contributed by atoms with Crippen molar-refractivity contribution in [3.8, 4) is 0 Å². The Morgan fingerprint density at radius 3 is 2.53 bits per heavy atom. The van der Waals surface area contributed by atoms with E-state index in [2.05, 4.69) is 15.6 Å². The topological polar surface area (TPSA) is 118 Å². The van der Waals surface area contributed by atoms with Crippen LogP contribution in [-0.2, 0) is 14.3 Å². The molecule has 2 heterocycles. The Hall–Kier alpha value is -4.02. The molecule has 0 saturated heterocycles. The molecular weight excluding hydrogens is 504 g/mol. The first-order chi connectivity index (χ1) is 17.4. The zero-order valence-corrected chi connectivity index (χ0v) is 20.7. The van der Waals surface area contributed by atoms with Gasteiger partial charge in [-0.3, -0.25) is 19.7 Å². The second-order valence-electron chi connectivity index (χ2n) is 7.64. The molecule has 2 aromatic carbocycles. The fourth-order valence-corrected chi connectivity index (χ4v) is 4.10. The minimum absolute atomic E-state index is 0.0802. The second kappa shape index (κ2) is 11.1. The quantitative estimate of drug-likeness (QED) is 0.235. The van der Waals surface area contributed by atoms with Crippen LogP contribution < -0.4 is 15.5 Å². The Morgan fingerprint density at radius 1 is 1.08 bits per heavy atom. The van der Waals surface area contributed by atoms with Crippen molar-refractivity contribution >= 4 is 63.1 Å². The van der Waals surface area contributed by atoms with Crippen LogP contribution in [0.5, 0.6) is 0 Å². The molecule has 3 amide bonds. The molecule has 0 bridgehead atoms. The largest absolute Gasteiger partial charge is 0.462 e. The fourth-order valence-electron chi connectivity index (χ4n) is 3.36. The third-order valence-corrected chi connectivity index (χ3v) is 6.23. The number of nitrogens with one attached hydrogen (secondary N) is 2. The van der Waals surface area contributed by atoms with Crippen molar-refractivity contribution < 1.29 is 23.9 Å². The number of esters is 1. The van der Waals surface area contributed by atoms with Crippen LogP contribution in [0.2, 0.25) is 0 Å². The van der Waals surface area contributed by atoms with Crippen LogP contribution in [0, 0.1) is 0 Å². The number of thiazole rings is 1. The number of carbonyl (C=O) groups is 4. The number of para-hydroxylation sites is 1. The van der Waals surface area contributed by atoms with E-state index in [1.54, 1.807) is 48.0 Å². The van der Waals surface area contributed by atoms with E-state index in [1.165, 1.54) is 23.5 Å². The number of carbonyl (C=O) groups excluding carboxylic acids is 4. The minimum atomic E-state index is -0.766. The van der Waals surface area contributed by atoms with Gasteiger partial charge < -0.3 is 10.1 Å². The standard InChI is InChI=1S/C25H21ClN4O5S/c1-2-3-13-35-24(34)17-6-4-5-7-18(17)30-22(32)19(26)20(23(30)33)28-16-10-8-15(9-11-16)21(31)29-25-27-12-14-36-25/h4-12,14,28H,2-3,13H2,1H3,(H,27,29,31). The molecular formula is C25H21ClN4O5S. The molecule has 9 nitrogen and oxygen atoms in total. The molecule has 2 N–H and O–H groups in total. The van der Waals surface area contributed by atoms with Gasteiger partial charge in [0.1, 0.15) is 10.7 Å². The number of aromatic nitrogens is 1. The lowest BCUT2D eigenvalue weighted by Crippen LogP contribution is -2.33. The smallest absolute Gasteiger partial charge is 0.340 e. The SMILES string of the molecule is CCCCOC(=O)c1ccccc1N1C(=O)C(Cl)=C(Nc2ccc(C(=O)Nc3nccs3)cc2)C1=O. The number of imide groups is 1. The highest BCUT2D eigenvalue weighted by molar-refractivity contribution is 7.13. The Bertz CT molecular complexity index is 1340. The summed E-state index contributed by atoms with van der Waals surface area (Å²) in [6.45, 7) is 2.20. The number of halogens is 1. The van der Waals surface area contributed by atoms with Crippen LogP contribution in [0.4, 0.5) is 16.5 Å². The van der Waals surface area contributed by atoms with Crippen molar-refractivity contribution in [2.75, 3.05) is 22.1 Å². The van der Waals surface area contributed by atoms with Gasteiger partial charge in [-0.05, 0) is 42.8 Å². The number of nitrogens with zero attached hydrogens (tertiary/aromatic N) is 2. The van der Waals surface area contributed by atoms with Crippen molar-refractivity contribution in [3.63, 3.8) is 0 Å². The second-order valence-corrected chi connectivity index (χ2v) is 8.91. The highest BCUT2D eigenvalue weighted by Crippen LogP contribution is 2.32. The van der Waals surface area contributed by atoms with Crippen LogP contribution in [-0.4, -0.2) is 35.3 Å². The molecule has 1 aromatic heterocycles. The highest BCUT2D eigenvalue weighted by atomic mass is 35.5. The van der Waals surface area contributed by atoms with E-state index in [0.29, 0.717) is 22.8 Å². The summed E-state index contributed by atoms with van der Waals surface area (Å²) in [4.78, 5) is 55.9. The maximum Gasteiger partial charge on any atom is 0.340 e. The molecule has 4 rings (SSSR count). The van der Waals surface area contributed by atoms with Crippen LogP contribution in [0.3, 0.4) is 0 Å². The van der Waals surface area contributed by atoms with Crippen LogP contribution >= 0.6 is 22.9 Å². The predicted octanol–water partition coefficient (Wildman–Crippen LogP) is 4.79. The number of unbranched alkanes of at least 4 members (excludes halogenated alkanes) is 1. The summed E-state index contributed by atoms with van der Waals surface area (Å²) in [6, 6.07) is 12.5. The van der Waals surface area contributed by atoms with Gasteiger partial charge in [-0.2, -0.15) is 0 Å². The molecule has 1 aliphatic rings. The van der Waals surface area contributed by atoms with E-state index in [1.807, 2.05) is 6.92 Å². The normalized spacial score (nSPS) is 13.2. The van der Waals surface area contributed by atoms with E-state index in [9.17, 15) is 19.2 Å². The van der Waals surface area contributed by atoms with Gasteiger partial charge in [-0.25, -0.2) is 14.7 Å². The molecule has 1 aliphatic heterocycles. The first kappa shape index (κ1) is 25.1. The van der Waals surface area contributed by atoms with E-state index in [0.717, 1.165) is 11.3 Å². The predicted molar refractivity (Wildman–Crippen MR) is 137 cm³/mol. The van der Waals surface area contributed by atoms with Crippen molar-refractivity contribution in [1.82, 2.24) is 4.98 Å². The van der Waals surface area contributed by atoms with Gasteiger partial charge in [0.25, 0.3) is 17.7 Å². The van der Waals surface area contributed by atoms with Crippen molar-refractivity contribution in [1.29, 1.82) is 0 Å². The maximum absolute atomic E-state index is 13.2. The van der Waals surface area contributed by atoms with E-state index >= 15 is 0 Å². The summed E-state index contributed by atoms with van der Waals surface area (Å²) in [5, 5.41) is 7.43. The Kier molecular flexibility index (Phi) is 7.77. The Morgan fingerprint density at radius 2 is 1.83 bits per heavy atom. The van der Waals surface area contributed by atoms with Crippen molar-refractivity contribution in [3.05, 3.63) is 82.0 Å². The molecule has 0 atom stereocenters. The molecule has 184 valence electrons. The first-order valence-electron chi connectivity index (χ1n) is 11.0. The third-order valence-electron chi connectivity index (χ3n) is 5.19. The van der Waals surface area contributed by atoms with Crippen LogP contribution in [0.25, 0.3) is 0 Å². The monoisotopic (exact) mass is 524 g/mol. The van der Waals surface area contributed by atoms with Crippen LogP contribution in [0.15, 0.2) is 70.8 Å². The van der Waals surface area contributed by atoms with Crippen LogP contribution in [0.1, 0.15) is 40.5 Å². The average Bonchev–Trinajstić information content (AvgIpc) is 3.47. The zero-order chi connectivity index (χ0) is 25.7. The summed E-state index contributed by atoms with van der Waals surface area (Å²) in [6.07, 6.45) is 3.13. The number of benzene rings is 2. The summed E-state index contributed by atoms with van der Waals surface area (Å²) < 4.78 is 5.27. The number of anilines is 3. The average molecular weight is 525 g/mol. The number of hydrogen-bond donors (Lipinski definition) is 2. The van der Waals surface area contributed by atoms with E-state index in [-0.39, 0.29) is 34.5 Å². The molecule has 0 unspecified atom stereocenters. The van der Waals surface area contributed by atoms with Gasteiger partial charge in [0.2, 0.25) is 0 Å². The van der Waals surface area contributed by atoms with Gasteiger partial charge in [-0.15, -0.1) is 11.3 Å². The van der Waals surface area contributed by atoms with Gasteiger partial charge >= 0.3 is 5.97 Å². The lowest BCUT2D eigenvalue weighted by Gasteiger charge is -2.18. The Labute approximate surface area is 215 Å². The van der Waals surface area contributed by atoms with E-state index in [4.69, 9.17) is 16.3 Å². The minimum Gasteiger partial charge on any atom is -0.462 e. The van der Waals surface area contributed by atoms with Gasteiger partial charge in [0.15, 0.2) is 5.13 Å². The summed E-state index contributed by atoms with van der Waals surface area (Å²) in [7, 11) is 0. The maximum atomic E-state index is 13.2. The molecule has 0 spiro atoms. The molecule has 0 aliphatic carbocycles. The molecule has 0 radical (unpaired) electrons. The third kappa shape index (κ3) is 5.29. The summed E-state index contributed by atoms with van der Waals surface area (Å²) in [5.74, 6) is -2.46. The summed E-state index contributed by atoms with van der Waals surface area (Å²) in [5.41, 5.74) is 0.830. The van der Waals surface area contributed by atoms with Gasteiger partial charge in [0, 0.05) is 22.8 Å². The lowest BCUT2D eigenvalue weighted by atomic mass is 10.1. The molecule has 36 heavy (non-hydrogen) atoms. The van der Waals surface area contributed by atoms with Gasteiger partial charge in [-0.1, -0.05) is 37.1 Å². The molecule has 3 aromatic rings. The fraction of sp³-hybridized carbons (Fsp3) is 0.160. The molecule has 0 fully saturated rings. The number of rotatable bonds is 9. The first-order valence-corrected chi connectivity index (χ1v) is 12.3. The molecule has 11 heteroatoms. The lowest BCUT2D eigenvalue weighted by molar-refractivity contribution is -0.120. The zero-order valence-electron chi connectivity index (χ0n) is 19.1. The van der Waals surface area contributed by atoms with Crippen molar-refractivity contribution in [2.24, 2.45) is 0 Å². The highest BCUT2D eigenvalue weighted by Gasteiger charge is 2.40. The van der Waals surface area contributed by atoms with Crippen molar-refractivity contribution in [2.45, 2.75) is 19.8 Å². The number of hydrogen-bond acceptors (Lipinski definition) is 8. The molecule has 0 saturated carbocycles. The number of amides is 3. The Balaban J connectivity index is 1.50. The summed E-state index contributed by atoms with van der Waals surface area (Å²) >= 11 is 7.53. The van der Waals surface area contributed by atoms with E-state index < -0.39 is 17.8 Å². The van der Waals surface area contributed by atoms with Gasteiger partial charge in [0.05, 0.1) is 17.9 Å².